The molecule has 0 bridgehead atoms. The minimum Gasteiger partial charge on any atom is -0.445 e. The van der Waals surface area contributed by atoms with Gasteiger partial charge in [-0.2, -0.15) is 0 Å². The molecule has 0 amide bonds. The van der Waals surface area contributed by atoms with E-state index in [1.807, 2.05) is 54.6 Å². The highest BCUT2D eigenvalue weighted by atomic mass is 79.9. The average molecular weight is 557 g/mol. The van der Waals surface area contributed by atoms with E-state index in [2.05, 4.69) is 15.9 Å². The van der Waals surface area contributed by atoms with Crippen LogP contribution in [0.15, 0.2) is 114 Å². The standard InChI is InChI=1S/C30H19BrClNO3/c31-22-14-10-19(11-15-22)27-18-25(24-8-4-5-9-26(24)33-27)30(35)36-29(21-12-16-23(32)17-13-21)28(34)20-6-2-1-3-7-20/h1-18,29H/t29-/m0/s1. The first-order valence-corrected chi connectivity index (χ1v) is 12.4. The second-order valence-corrected chi connectivity index (χ2v) is 9.50. The monoisotopic (exact) mass is 555 g/mol. The normalized spacial score (nSPS) is 11.7. The van der Waals surface area contributed by atoms with E-state index >= 15 is 0 Å². The van der Waals surface area contributed by atoms with Crippen molar-refractivity contribution in [3.8, 4) is 11.3 Å². The number of fused-ring (bicyclic) bond motifs is 1. The summed E-state index contributed by atoms with van der Waals surface area (Å²) < 4.78 is 6.87. The Morgan fingerprint density at radius 3 is 2.19 bits per heavy atom. The van der Waals surface area contributed by atoms with E-state index in [0.29, 0.717) is 38.3 Å². The van der Waals surface area contributed by atoms with Gasteiger partial charge < -0.3 is 4.74 Å². The Balaban J connectivity index is 1.57. The maximum absolute atomic E-state index is 13.6. The largest absolute Gasteiger partial charge is 0.445 e. The summed E-state index contributed by atoms with van der Waals surface area (Å²) in [6, 6.07) is 32.3. The number of carbonyl (C=O) groups is 2. The van der Waals surface area contributed by atoms with Gasteiger partial charge in [0.1, 0.15) is 0 Å². The summed E-state index contributed by atoms with van der Waals surface area (Å²) in [5, 5.41) is 1.17. The highest BCUT2D eigenvalue weighted by molar-refractivity contribution is 9.10. The van der Waals surface area contributed by atoms with Crippen LogP contribution in [0.25, 0.3) is 22.2 Å². The van der Waals surface area contributed by atoms with E-state index in [0.717, 1.165) is 10.0 Å². The van der Waals surface area contributed by atoms with E-state index in [9.17, 15) is 9.59 Å². The Hall–Kier alpha value is -3.80. The van der Waals surface area contributed by atoms with Crippen LogP contribution in [0.3, 0.4) is 0 Å². The lowest BCUT2D eigenvalue weighted by molar-refractivity contribution is 0.0282. The zero-order valence-corrected chi connectivity index (χ0v) is 21.2. The number of rotatable bonds is 6. The molecule has 0 saturated heterocycles. The fourth-order valence-corrected chi connectivity index (χ4v) is 4.34. The Morgan fingerprint density at radius 2 is 1.47 bits per heavy atom. The molecule has 0 aliphatic heterocycles. The van der Waals surface area contributed by atoms with E-state index in [1.165, 1.54) is 0 Å². The van der Waals surface area contributed by atoms with Crippen LogP contribution in [-0.4, -0.2) is 16.7 Å². The Morgan fingerprint density at radius 1 is 0.806 bits per heavy atom. The summed E-state index contributed by atoms with van der Waals surface area (Å²) in [5.74, 6) is -0.936. The summed E-state index contributed by atoms with van der Waals surface area (Å²) in [6.45, 7) is 0. The third-order valence-corrected chi connectivity index (χ3v) is 6.55. The lowest BCUT2D eigenvalue weighted by Gasteiger charge is -2.18. The van der Waals surface area contributed by atoms with E-state index in [-0.39, 0.29) is 5.78 Å². The van der Waals surface area contributed by atoms with Gasteiger partial charge in [0.25, 0.3) is 0 Å². The van der Waals surface area contributed by atoms with Crippen molar-refractivity contribution in [1.29, 1.82) is 0 Å². The molecule has 4 aromatic carbocycles. The number of ether oxygens (including phenoxy) is 1. The number of esters is 1. The maximum Gasteiger partial charge on any atom is 0.339 e. The van der Waals surface area contributed by atoms with Gasteiger partial charge in [-0.25, -0.2) is 9.78 Å². The predicted octanol–water partition coefficient (Wildman–Crippen LogP) is 8.10. The number of hydrogen-bond donors (Lipinski definition) is 0. The molecule has 0 radical (unpaired) electrons. The van der Waals surface area contributed by atoms with Crippen molar-refractivity contribution in [2.24, 2.45) is 0 Å². The van der Waals surface area contributed by atoms with E-state index in [1.54, 1.807) is 54.6 Å². The minimum absolute atomic E-state index is 0.322. The number of Topliss-reactive ketones (excluding diaryl/α,β-unsaturated/α-hetero) is 1. The Kier molecular flexibility index (Phi) is 6.94. The summed E-state index contributed by atoms with van der Waals surface area (Å²) in [5.41, 5.74) is 3.45. The molecule has 6 heteroatoms. The molecule has 176 valence electrons. The highest BCUT2D eigenvalue weighted by Crippen LogP contribution is 2.30. The Labute approximate surface area is 221 Å². The second kappa shape index (κ2) is 10.4. The van der Waals surface area contributed by atoms with Crippen LogP contribution in [0.4, 0.5) is 0 Å². The molecule has 5 aromatic rings. The molecule has 0 unspecified atom stereocenters. The smallest absolute Gasteiger partial charge is 0.339 e. The first kappa shape index (κ1) is 23.9. The van der Waals surface area contributed by atoms with Gasteiger partial charge in [0.2, 0.25) is 5.78 Å². The van der Waals surface area contributed by atoms with Crippen molar-refractivity contribution < 1.29 is 14.3 Å². The third kappa shape index (κ3) is 5.08. The zero-order chi connectivity index (χ0) is 25.1. The van der Waals surface area contributed by atoms with Gasteiger partial charge >= 0.3 is 5.97 Å². The van der Waals surface area contributed by atoms with Crippen LogP contribution in [0.2, 0.25) is 5.02 Å². The number of pyridine rings is 1. The molecule has 0 aliphatic rings. The van der Waals surface area contributed by atoms with Gasteiger partial charge in [-0.3, -0.25) is 4.79 Å². The number of hydrogen-bond acceptors (Lipinski definition) is 4. The van der Waals surface area contributed by atoms with Crippen molar-refractivity contribution in [1.82, 2.24) is 4.98 Å². The van der Waals surface area contributed by atoms with Crippen molar-refractivity contribution >= 4 is 50.2 Å². The fourth-order valence-electron chi connectivity index (χ4n) is 3.95. The molecule has 0 N–H and O–H groups in total. The van der Waals surface area contributed by atoms with Gasteiger partial charge in [0, 0.05) is 31.6 Å². The summed E-state index contributed by atoms with van der Waals surface area (Å²) in [7, 11) is 0. The number of nitrogens with zero attached hydrogens (tertiary/aromatic N) is 1. The van der Waals surface area contributed by atoms with Gasteiger partial charge in [0.15, 0.2) is 6.10 Å². The summed E-state index contributed by atoms with van der Waals surface area (Å²) in [4.78, 5) is 31.8. The zero-order valence-electron chi connectivity index (χ0n) is 18.9. The molecule has 1 heterocycles. The van der Waals surface area contributed by atoms with Gasteiger partial charge in [-0.05, 0) is 36.4 Å². The highest BCUT2D eigenvalue weighted by Gasteiger charge is 2.28. The molecule has 1 atom stereocenters. The molecule has 0 spiro atoms. The lowest BCUT2D eigenvalue weighted by atomic mass is 9.99. The first-order valence-electron chi connectivity index (χ1n) is 11.2. The van der Waals surface area contributed by atoms with Crippen LogP contribution >= 0.6 is 27.5 Å². The van der Waals surface area contributed by atoms with Crippen molar-refractivity contribution in [2.45, 2.75) is 6.10 Å². The molecule has 4 nitrogen and oxygen atoms in total. The molecule has 0 fully saturated rings. The third-order valence-electron chi connectivity index (χ3n) is 5.77. The van der Waals surface area contributed by atoms with Crippen LogP contribution in [0.5, 0.6) is 0 Å². The number of carbonyl (C=O) groups excluding carboxylic acids is 2. The van der Waals surface area contributed by atoms with Crippen LogP contribution in [-0.2, 0) is 4.74 Å². The SMILES string of the molecule is O=C(O[C@H](C(=O)c1ccccc1)c1ccc(Cl)cc1)c1cc(-c2ccc(Br)cc2)nc2ccccc12. The van der Waals surface area contributed by atoms with Crippen molar-refractivity contribution in [3.05, 3.63) is 135 Å². The van der Waals surface area contributed by atoms with Crippen molar-refractivity contribution in [3.63, 3.8) is 0 Å². The van der Waals surface area contributed by atoms with Crippen LogP contribution in [0, 0.1) is 0 Å². The van der Waals surface area contributed by atoms with Gasteiger partial charge in [-0.15, -0.1) is 0 Å². The molecular weight excluding hydrogens is 538 g/mol. The summed E-state index contributed by atoms with van der Waals surface area (Å²) in [6.07, 6.45) is -1.14. The van der Waals surface area contributed by atoms with Crippen LogP contribution < -0.4 is 0 Å². The van der Waals surface area contributed by atoms with Gasteiger partial charge in [0.05, 0.1) is 16.8 Å². The quantitative estimate of drug-likeness (QED) is 0.157. The topological polar surface area (TPSA) is 56.3 Å². The maximum atomic E-state index is 13.6. The number of benzene rings is 4. The van der Waals surface area contributed by atoms with Crippen LogP contribution in [0.1, 0.15) is 32.4 Å². The average Bonchev–Trinajstić information content (AvgIpc) is 2.92. The molecule has 36 heavy (non-hydrogen) atoms. The minimum atomic E-state index is -1.14. The number of halogens is 2. The van der Waals surface area contributed by atoms with E-state index in [4.69, 9.17) is 21.3 Å². The molecule has 0 saturated carbocycles. The lowest BCUT2D eigenvalue weighted by Crippen LogP contribution is -2.20. The fraction of sp³-hybridized carbons (Fsp3) is 0.0333. The molecule has 1 aromatic heterocycles. The Bertz CT molecular complexity index is 1550. The second-order valence-electron chi connectivity index (χ2n) is 8.15. The predicted molar refractivity (Wildman–Crippen MR) is 145 cm³/mol. The van der Waals surface area contributed by atoms with Crippen molar-refractivity contribution in [2.75, 3.05) is 0 Å². The van der Waals surface area contributed by atoms with E-state index < -0.39 is 12.1 Å². The molecule has 0 aliphatic carbocycles. The number of ketones is 1. The first-order chi connectivity index (χ1) is 17.5. The molecular formula is C30H19BrClNO3. The molecule has 5 rings (SSSR count). The number of aromatic nitrogens is 1. The summed E-state index contributed by atoms with van der Waals surface area (Å²) >= 11 is 9.51. The number of para-hydroxylation sites is 1. The van der Waals surface area contributed by atoms with Gasteiger partial charge in [-0.1, -0.05) is 100 Å².